The van der Waals surface area contributed by atoms with Gasteiger partial charge in [0, 0.05) is 43.8 Å². The first-order valence-electron chi connectivity index (χ1n) is 8.56. The molecule has 0 bridgehead atoms. The number of benzene rings is 1. The lowest BCUT2D eigenvalue weighted by molar-refractivity contribution is -0.114. The molecule has 1 aromatic carbocycles. The molecule has 3 rings (SSSR count). The van der Waals surface area contributed by atoms with E-state index in [2.05, 4.69) is 30.9 Å². The van der Waals surface area contributed by atoms with Crippen molar-refractivity contribution in [1.82, 2.24) is 19.5 Å². The number of nitrogens with zero attached hydrogens (tertiary/aromatic N) is 4. The molecule has 27 heavy (non-hydrogen) atoms. The fourth-order valence-corrected chi connectivity index (χ4v) is 2.50. The maximum Gasteiger partial charge on any atom is 0.221 e. The van der Waals surface area contributed by atoms with Crippen molar-refractivity contribution in [2.45, 2.75) is 19.9 Å². The standard InChI is InChI=1S/C18H22N8O/c1-13(27)24-14-3-5-15(6-4-14)25-18-16(19)17(22-11-23-18)21-7-2-9-26-10-8-20-12-26/h3-6,8,10-12H,2,7,9,19H2,1H3,(H,24,27)(H2,21,22,23,25). The zero-order chi connectivity index (χ0) is 19.1. The van der Waals surface area contributed by atoms with Gasteiger partial charge in [-0.15, -0.1) is 0 Å². The van der Waals surface area contributed by atoms with Crippen LogP contribution < -0.4 is 21.7 Å². The highest BCUT2D eigenvalue weighted by atomic mass is 16.1. The zero-order valence-corrected chi connectivity index (χ0v) is 15.0. The van der Waals surface area contributed by atoms with Gasteiger partial charge in [-0.3, -0.25) is 4.79 Å². The van der Waals surface area contributed by atoms with Crippen LogP contribution in [-0.2, 0) is 11.3 Å². The third-order valence-corrected chi connectivity index (χ3v) is 3.80. The number of amides is 1. The fraction of sp³-hybridized carbons (Fsp3) is 0.222. The molecule has 3 aromatic rings. The van der Waals surface area contributed by atoms with Crippen molar-refractivity contribution in [3.05, 3.63) is 49.3 Å². The van der Waals surface area contributed by atoms with Gasteiger partial charge < -0.3 is 26.3 Å². The van der Waals surface area contributed by atoms with E-state index in [1.165, 1.54) is 13.3 Å². The molecule has 140 valence electrons. The summed E-state index contributed by atoms with van der Waals surface area (Å²) in [5.41, 5.74) is 8.16. The number of carbonyl (C=O) groups is 1. The Kier molecular flexibility index (Phi) is 5.83. The first-order valence-corrected chi connectivity index (χ1v) is 8.56. The molecule has 0 radical (unpaired) electrons. The van der Waals surface area contributed by atoms with Crippen LogP contribution >= 0.6 is 0 Å². The number of rotatable bonds is 8. The molecule has 0 aliphatic rings. The summed E-state index contributed by atoms with van der Waals surface area (Å²) in [5, 5.41) is 9.12. The molecule has 0 spiro atoms. The third kappa shape index (κ3) is 5.18. The molecule has 0 atom stereocenters. The second-order valence-corrected chi connectivity index (χ2v) is 5.95. The van der Waals surface area contributed by atoms with Gasteiger partial charge in [-0.1, -0.05) is 0 Å². The first kappa shape index (κ1) is 18.2. The first-order chi connectivity index (χ1) is 13.1. The number of nitrogen functional groups attached to an aromatic ring is 1. The average Bonchev–Trinajstić information content (AvgIpc) is 3.16. The number of aromatic nitrogens is 4. The van der Waals surface area contributed by atoms with E-state index >= 15 is 0 Å². The second kappa shape index (κ2) is 8.65. The van der Waals surface area contributed by atoms with E-state index < -0.39 is 0 Å². The normalized spacial score (nSPS) is 10.4. The molecule has 1 amide bonds. The summed E-state index contributed by atoms with van der Waals surface area (Å²) in [4.78, 5) is 23.5. The highest BCUT2D eigenvalue weighted by Crippen LogP contribution is 2.26. The number of anilines is 5. The van der Waals surface area contributed by atoms with E-state index in [0.717, 1.165) is 30.9 Å². The molecule has 2 aromatic heterocycles. The van der Waals surface area contributed by atoms with Crippen LogP contribution in [0.25, 0.3) is 0 Å². The van der Waals surface area contributed by atoms with Crippen LogP contribution in [0.2, 0.25) is 0 Å². The van der Waals surface area contributed by atoms with Crippen LogP contribution in [0.4, 0.5) is 28.7 Å². The van der Waals surface area contributed by atoms with Gasteiger partial charge in [0.2, 0.25) is 5.91 Å². The summed E-state index contributed by atoms with van der Waals surface area (Å²) >= 11 is 0. The van der Waals surface area contributed by atoms with Gasteiger partial charge in [-0.2, -0.15) is 0 Å². The number of nitrogens with one attached hydrogen (secondary N) is 3. The molecule has 9 nitrogen and oxygen atoms in total. The monoisotopic (exact) mass is 366 g/mol. The highest BCUT2D eigenvalue weighted by molar-refractivity contribution is 5.89. The Morgan fingerprint density at radius 2 is 1.89 bits per heavy atom. The van der Waals surface area contributed by atoms with E-state index in [4.69, 9.17) is 5.73 Å². The number of hydrogen-bond acceptors (Lipinski definition) is 7. The van der Waals surface area contributed by atoms with Crippen molar-refractivity contribution in [3.63, 3.8) is 0 Å². The van der Waals surface area contributed by atoms with Gasteiger partial charge in [-0.05, 0) is 30.7 Å². The Hall–Kier alpha value is -3.62. The number of aryl methyl sites for hydroxylation is 1. The molecule has 0 aliphatic carbocycles. The molecule has 0 aliphatic heterocycles. The smallest absolute Gasteiger partial charge is 0.221 e. The van der Waals surface area contributed by atoms with E-state index in [0.29, 0.717) is 17.3 Å². The second-order valence-electron chi connectivity index (χ2n) is 5.95. The van der Waals surface area contributed by atoms with Crippen LogP contribution in [0.1, 0.15) is 13.3 Å². The van der Waals surface area contributed by atoms with Gasteiger partial charge in [0.15, 0.2) is 11.6 Å². The van der Waals surface area contributed by atoms with Crippen molar-refractivity contribution < 1.29 is 4.79 Å². The van der Waals surface area contributed by atoms with E-state index in [1.807, 2.05) is 22.9 Å². The molecule has 5 N–H and O–H groups in total. The molecule has 0 unspecified atom stereocenters. The number of imidazole rings is 1. The third-order valence-electron chi connectivity index (χ3n) is 3.80. The van der Waals surface area contributed by atoms with Crippen molar-refractivity contribution in [3.8, 4) is 0 Å². The van der Waals surface area contributed by atoms with Crippen LogP contribution in [0.5, 0.6) is 0 Å². The number of carbonyl (C=O) groups excluding carboxylic acids is 1. The minimum atomic E-state index is -0.112. The van der Waals surface area contributed by atoms with Crippen molar-refractivity contribution >= 4 is 34.6 Å². The minimum Gasteiger partial charge on any atom is -0.393 e. The van der Waals surface area contributed by atoms with Crippen molar-refractivity contribution in [1.29, 1.82) is 0 Å². The number of hydrogen-bond donors (Lipinski definition) is 4. The Morgan fingerprint density at radius 3 is 2.59 bits per heavy atom. The van der Waals surface area contributed by atoms with Crippen LogP contribution in [0, 0.1) is 0 Å². The predicted molar refractivity (Wildman–Crippen MR) is 106 cm³/mol. The minimum absolute atomic E-state index is 0.112. The Labute approximate surface area is 157 Å². The maximum atomic E-state index is 11.1. The molecular weight excluding hydrogens is 344 g/mol. The van der Waals surface area contributed by atoms with Crippen LogP contribution in [-0.4, -0.2) is 32.0 Å². The molecule has 0 fully saturated rings. The quantitative estimate of drug-likeness (QED) is 0.452. The summed E-state index contributed by atoms with van der Waals surface area (Å²) in [6, 6.07) is 7.28. The topological polar surface area (TPSA) is 123 Å². The fourth-order valence-electron chi connectivity index (χ4n) is 2.50. The van der Waals surface area contributed by atoms with Gasteiger partial charge in [-0.25, -0.2) is 15.0 Å². The maximum absolute atomic E-state index is 11.1. The summed E-state index contributed by atoms with van der Waals surface area (Å²) in [7, 11) is 0. The highest BCUT2D eigenvalue weighted by Gasteiger charge is 2.08. The lowest BCUT2D eigenvalue weighted by atomic mass is 10.2. The Morgan fingerprint density at radius 1 is 1.15 bits per heavy atom. The van der Waals surface area contributed by atoms with Gasteiger partial charge in [0.1, 0.15) is 12.0 Å². The SMILES string of the molecule is CC(=O)Nc1ccc(Nc2ncnc(NCCCn3ccnc3)c2N)cc1. The van der Waals surface area contributed by atoms with Crippen LogP contribution in [0.3, 0.4) is 0 Å². The zero-order valence-electron chi connectivity index (χ0n) is 15.0. The van der Waals surface area contributed by atoms with Gasteiger partial charge >= 0.3 is 0 Å². The average molecular weight is 366 g/mol. The largest absolute Gasteiger partial charge is 0.393 e. The Bertz CT molecular complexity index is 877. The molecule has 0 saturated heterocycles. The van der Waals surface area contributed by atoms with Crippen molar-refractivity contribution in [2.24, 2.45) is 0 Å². The predicted octanol–water partition coefficient (Wildman–Crippen LogP) is 2.46. The lowest BCUT2D eigenvalue weighted by Gasteiger charge is -2.13. The number of nitrogens with two attached hydrogens (primary N) is 1. The van der Waals surface area contributed by atoms with E-state index in [-0.39, 0.29) is 5.91 Å². The summed E-state index contributed by atoms with van der Waals surface area (Å²) in [6.07, 6.45) is 7.85. The van der Waals surface area contributed by atoms with Gasteiger partial charge in [0.25, 0.3) is 0 Å². The summed E-state index contributed by atoms with van der Waals surface area (Å²) < 4.78 is 2.02. The summed E-state index contributed by atoms with van der Waals surface area (Å²) in [5.74, 6) is 1.00. The van der Waals surface area contributed by atoms with E-state index in [9.17, 15) is 4.79 Å². The molecular formula is C18H22N8O. The molecule has 0 saturated carbocycles. The Balaban J connectivity index is 1.58. The summed E-state index contributed by atoms with van der Waals surface area (Å²) in [6.45, 7) is 3.06. The molecule has 2 heterocycles. The van der Waals surface area contributed by atoms with Crippen molar-refractivity contribution in [2.75, 3.05) is 28.2 Å². The lowest BCUT2D eigenvalue weighted by Crippen LogP contribution is -2.10. The van der Waals surface area contributed by atoms with Crippen LogP contribution in [0.15, 0.2) is 49.3 Å². The van der Waals surface area contributed by atoms with E-state index in [1.54, 1.807) is 24.7 Å². The molecule has 9 heteroatoms. The van der Waals surface area contributed by atoms with Gasteiger partial charge in [0.05, 0.1) is 6.33 Å².